The van der Waals surface area contributed by atoms with Crippen LogP contribution in [-0.2, 0) is 0 Å². The summed E-state index contributed by atoms with van der Waals surface area (Å²) in [5.74, 6) is 0. The van der Waals surface area contributed by atoms with Crippen molar-refractivity contribution < 1.29 is 0 Å². The van der Waals surface area contributed by atoms with Gasteiger partial charge in [0.1, 0.15) is 0 Å². The first kappa shape index (κ1) is 15.0. The number of nitrogens with zero attached hydrogens (tertiary/aromatic N) is 2. The standard InChI is InChI=1S/C13H24N2P2/c1-11(16)14-15-13(17)12-9-7-5-3-2-4-6-8-10-12/h1-10,16-17H2/b15-14-. The molecule has 96 valence electrons. The zero-order valence-electron chi connectivity index (χ0n) is 10.6. The number of hydrogen-bond acceptors (Lipinski definition) is 2. The molecule has 2 nitrogen and oxygen atoms in total. The Morgan fingerprint density at radius 3 is 1.76 bits per heavy atom. The van der Waals surface area contributed by atoms with Crippen LogP contribution in [0.25, 0.3) is 0 Å². The van der Waals surface area contributed by atoms with Gasteiger partial charge in [-0.15, -0.1) is 0 Å². The van der Waals surface area contributed by atoms with Crippen LogP contribution in [0.5, 0.6) is 0 Å². The molecule has 4 heteroatoms. The molecule has 17 heavy (non-hydrogen) atoms. The molecule has 1 fully saturated rings. The third kappa shape index (κ3) is 7.06. The molecule has 1 aliphatic rings. The minimum Gasteiger partial charge on any atom is -0.151 e. The molecule has 0 amide bonds. The van der Waals surface area contributed by atoms with E-state index in [0.717, 1.165) is 5.44 Å². The third-order valence-electron chi connectivity index (χ3n) is 3.11. The maximum absolute atomic E-state index is 4.22. The van der Waals surface area contributed by atoms with Gasteiger partial charge in [-0.05, 0) is 31.3 Å². The second-order valence-corrected chi connectivity index (χ2v) is 5.87. The summed E-state index contributed by atoms with van der Waals surface area (Å²) >= 11 is 0. The Labute approximate surface area is 110 Å². The van der Waals surface area contributed by atoms with E-state index in [4.69, 9.17) is 0 Å². The van der Waals surface area contributed by atoms with Gasteiger partial charge in [-0.25, -0.2) is 0 Å². The van der Waals surface area contributed by atoms with Crippen LogP contribution in [-0.4, -0.2) is 0 Å². The Kier molecular flexibility index (Phi) is 7.90. The molecule has 0 N–H and O–H groups in total. The van der Waals surface area contributed by atoms with Gasteiger partial charge in [-0.1, -0.05) is 57.2 Å². The summed E-state index contributed by atoms with van der Waals surface area (Å²) in [5.41, 5.74) is 3.17. The van der Waals surface area contributed by atoms with Crippen LogP contribution < -0.4 is 0 Å². The highest BCUT2D eigenvalue weighted by Gasteiger charge is 2.05. The van der Waals surface area contributed by atoms with Crippen molar-refractivity contribution in [3.8, 4) is 0 Å². The first-order valence-corrected chi connectivity index (χ1v) is 7.69. The Hall–Kier alpha value is -0.0600. The van der Waals surface area contributed by atoms with E-state index in [-0.39, 0.29) is 0 Å². The van der Waals surface area contributed by atoms with Gasteiger partial charge >= 0.3 is 0 Å². The van der Waals surface area contributed by atoms with Crippen molar-refractivity contribution in [2.45, 2.75) is 57.8 Å². The van der Waals surface area contributed by atoms with Gasteiger partial charge in [0, 0.05) is 0 Å². The highest BCUT2D eigenvalue weighted by Crippen LogP contribution is 2.27. The highest BCUT2D eigenvalue weighted by atomic mass is 31.0. The van der Waals surface area contributed by atoms with Crippen molar-refractivity contribution in [2.75, 3.05) is 0 Å². The Balaban J connectivity index is 2.61. The third-order valence-corrected chi connectivity index (χ3v) is 3.74. The highest BCUT2D eigenvalue weighted by molar-refractivity contribution is 7.22. The quantitative estimate of drug-likeness (QED) is 0.474. The van der Waals surface area contributed by atoms with Crippen LogP contribution in [0.15, 0.2) is 33.3 Å². The van der Waals surface area contributed by atoms with Crippen molar-refractivity contribution in [2.24, 2.45) is 10.2 Å². The lowest BCUT2D eigenvalue weighted by molar-refractivity contribution is 0.550. The minimum absolute atomic E-state index is 0.686. The molecule has 0 spiro atoms. The summed E-state index contributed by atoms with van der Waals surface area (Å²) in [7, 11) is 5.19. The predicted molar refractivity (Wildman–Crippen MR) is 82.0 cm³/mol. The van der Waals surface area contributed by atoms with Crippen molar-refractivity contribution >= 4 is 18.5 Å². The molecular weight excluding hydrogens is 246 g/mol. The zero-order chi connectivity index (χ0) is 12.5. The fourth-order valence-corrected chi connectivity index (χ4v) is 2.53. The number of rotatable bonds is 2. The van der Waals surface area contributed by atoms with Crippen molar-refractivity contribution in [3.63, 3.8) is 0 Å². The topological polar surface area (TPSA) is 24.7 Å². The molecule has 0 aromatic carbocycles. The van der Waals surface area contributed by atoms with Gasteiger partial charge in [0.15, 0.2) is 0 Å². The number of allylic oxidation sites excluding steroid dienone is 1. The maximum Gasteiger partial charge on any atom is 0.0787 e. The average Bonchev–Trinajstić information content (AvgIpc) is 2.32. The van der Waals surface area contributed by atoms with Gasteiger partial charge in [0.25, 0.3) is 0 Å². The van der Waals surface area contributed by atoms with Gasteiger partial charge in [0.2, 0.25) is 0 Å². The molecule has 0 aliphatic heterocycles. The smallest absolute Gasteiger partial charge is 0.0787 e. The van der Waals surface area contributed by atoms with Crippen LogP contribution in [0.4, 0.5) is 0 Å². The molecule has 0 radical (unpaired) electrons. The minimum atomic E-state index is 0.686. The maximum atomic E-state index is 4.22. The van der Waals surface area contributed by atoms with E-state index in [1.165, 1.54) is 63.4 Å². The molecule has 2 atom stereocenters. The van der Waals surface area contributed by atoms with Crippen LogP contribution in [0, 0.1) is 0 Å². The lowest BCUT2D eigenvalue weighted by Crippen LogP contribution is -1.92. The van der Waals surface area contributed by atoms with Gasteiger partial charge < -0.3 is 0 Å². The van der Waals surface area contributed by atoms with E-state index >= 15 is 0 Å². The summed E-state index contributed by atoms with van der Waals surface area (Å²) in [5, 5.41) is 8.23. The van der Waals surface area contributed by atoms with E-state index in [9.17, 15) is 0 Å². The second kappa shape index (κ2) is 8.95. The van der Waals surface area contributed by atoms with E-state index < -0.39 is 0 Å². The van der Waals surface area contributed by atoms with Crippen molar-refractivity contribution in [1.29, 1.82) is 0 Å². The Morgan fingerprint density at radius 1 is 0.824 bits per heavy atom. The molecule has 1 rings (SSSR count). The van der Waals surface area contributed by atoms with Gasteiger partial charge in [-0.2, -0.15) is 10.2 Å². The zero-order valence-corrected chi connectivity index (χ0v) is 12.9. The van der Waals surface area contributed by atoms with Crippen LogP contribution >= 0.6 is 18.5 Å². The molecule has 0 heterocycles. The summed E-state index contributed by atoms with van der Waals surface area (Å²) < 4.78 is 0. The van der Waals surface area contributed by atoms with Gasteiger partial charge in [-0.3, -0.25) is 0 Å². The first-order chi connectivity index (χ1) is 8.20. The van der Waals surface area contributed by atoms with E-state index in [1.54, 1.807) is 0 Å². The second-order valence-electron chi connectivity index (χ2n) is 4.66. The average molecular weight is 270 g/mol. The summed E-state index contributed by atoms with van der Waals surface area (Å²) in [6, 6.07) is 0. The largest absolute Gasteiger partial charge is 0.151 e. The molecule has 2 unspecified atom stereocenters. The normalized spacial score (nSPS) is 19.3. The van der Waals surface area contributed by atoms with E-state index in [2.05, 4.69) is 35.3 Å². The fourth-order valence-electron chi connectivity index (χ4n) is 2.13. The molecule has 1 saturated carbocycles. The monoisotopic (exact) mass is 270 g/mol. The molecule has 0 bridgehead atoms. The Bertz CT molecular complexity index is 297. The molecular formula is C13H24N2P2. The Morgan fingerprint density at radius 2 is 1.29 bits per heavy atom. The summed E-state index contributed by atoms with van der Waals surface area (Å²) in [6.07, 6.45) is 11.9. The first-order valence-electron chi connectivity index (χ1n) is 6.54. The SMILES string of the molecule is C=C(P)/N=N\C(P)=C1CCCCCCCCC1. The van der Waals surface area contributed by atoms with E-state index in [1.807, 2.05) is 0 Å². The van der Waals surface area contributed by atoms with Crippen LogP contribution in [0.2, 0.25) is 0 Å². The van der Waals surface area contributed by atoms with Gasteiger partial charge in [0.05, 0.1) is 10.9 Å². The molecule has 1 aliphatic carbocycles. The van der Waals surface area contributed by atoms with Crippen molar-refractivity contribution in [3.05, 3.63) is 23.0 Å². The number of hydrogen-bond donors (Lipinski definition) is 0. The molecule has 0 aromatic rings. The van der Waals surface area contributed by atoms with Crippen LogP contribution in [0.1, 0.15) is 57.8 Å². The number of azo groups is 1. The fraction of sp³-hybridized carbons (Fsp3) is 0.692. The molecule has 0 saturated heterocycles. The van der Waals surface area contributed by atoms with Crippen molar-refractivity contribution in [1.82, 2.24) is 0 Å². The lowest BCUT2D eigenvalue weighted by atomic mass is 9.97. The lowest BCUT2D eigenvalue weighted by Gasteiger charge is -2.11. The predicted octanol–water partition coefficient (Wildman–Crippen LogP) is 5.40. The summed E-state index contributed by atoms with van der Waals surface area (Å²) in [6.45, 7) is 3.70. The van der Waals surface area contributed by atoms with E-state index in [0.29, 0.717) is 5.44 Å². The summed E-state index contributed by atoms with van der Waals surface area (Å²) in [4.78, 5) is 0. The van der Waals surface area contributed by atoms with Crippen LogP contribution in [0.3, 0.4) is 0 Å². The molecule has 0 aromatic heterocycles.